The molecule has 3 heterocycles. The average Bonchev–Trinajstić information content (AvgIpc) is 2.90. The zero-order valence-corrected chi connectivity index (χ0v) is 21.0. The average molecular weight is 500 g/mol. The van der Waals surface area contributed by atoms with Gasteiger partial charge in [-0.3, -0.25) is 0 Å². The Morgan fingerprint density at radius 3 is 2.66 bits per heavy atom. The SMILES string of the molecule is COCCNC1CCC(Nc2cc(-c3cnnc(NCC4(C#N)CCOCC4)c3)c(Cl)cn2)CC1. The normalized spacial score (nSPS) is 21.7. The first-order valence-corrected chi connectivity index (χ1v) is 12.7. The quantitative estimate of drug-likeness (QED) is 0.418. The van der Waals surface area contributed by atoms with Crippen LogP contribution in [0.25, 0.3) is 11.1 Å². The summed E-state index contributed by atoms with van der Waals surface area (Å²) in [7, 11) is 1.73. The molecule has 1 aliphatic carbocycles. The summed E-state index contributed by atoms with van der Waals surface area (Å²) in [5.41, 5.74) is 1.25. The van der Waals surface area contributed by atoms with Crippen LogP contribution < -0.4 is 16.0 Å². The standard InChI is InChI=1S/C25H34ClN7O2/c1-34-11-8-28-19-2-4-20(5-3-19)32-23-13-21(22(26)15-29-23)18-12-24(33-31-14-18)30-17-25(16-27)6-9-35-10-7-25/h12-15,19-20,28H,2-11,17H2,1H3,(H,29,32)(H,30,33). The van der Waals surface area contributed by atoms with E-state index in [-0.39, 0.29) is 0 Å². The van der Waals surface area contributed by atoms with Crippen molar-refractivity contribution in [1.29, 1.82) is 5.26 Å². The van der Waals surface area contributed by atoms with Crippen LogP contribution in [-0.4, -0.2) is 67.3 Å². The van der Waals surface area contributed by atoms with Gasteiger partial charge in [0.05, 0.1) is 29.3 Å². The Labute approximate surface area is 212 Å². The highest BCUT2D eigenvalue weighted by Gasteiger charge is 2.32. The summed E-state index contributed by atoms with van der Waals surface area (Å²) in [6.07, 6.45) is 9.21. The molecule has 2 fully saturated rings. The Morgan fingerprint density at radius 2 is 1.91 bits per heavy atom. The van der Waals surface area contributed by atoms with E-state index in [1.54, 1.807) is 19.5 Å². The Morgan fingerprint density at radius 1 is 1.14 bits per heavy atom. The second kappa shape index (κ2) is 12.5. The van der Waals surface area contributed by atoms with Crippen LogP contribution in [0.4, 0.5) is 11.6 Å². The van der Waals surface area contributed by atoms with Crippen molar-refractivity contribution in [2.45, 2.75) is 50.6 Å². The molecule has 0 radical (unpaired) electrons. The van der Waals surface area contributed by atoms with Crippen LogP contribution in [0.15, 0.2) is 24.5 Å². The molecular weight excluding hydrogens is 466 g/mol. The lowest BCUT2D eigenvalue weighted by Crippen LogP contribution is -2.38. The van der Waals surface area contributed by atoms with E-state index in [2.05, 4.69) is 37.2 Å². The Kier molecular flexibility index (Phi) is 9.10. The van der Waals surface area contributed by atoms with Gasteiger partial charge in [0.1, 0.15) is 11.6 Å². The Bertz CT molecular complexity index is 1000. The van der Waals surface area contributed by atoms with Crippen molar-refractivity contribution in [2.24, 2.45) is 5.41 Å². The van der Waals surface area contributed by atoms with Gasteiger partial charge in [-0.25, -0.2) is 4.98 Å². The van der Waals surface area contributed by atoms with Gasteiger partial charge in [0.2, 0.25) is 0 Å². The number of nitrogens with zero attached hydrogens (tertiary/aromatic N) is 4. The van der Waals surface area contributed by atoms with E-state index in [9.17, 15) is 5.26 Å². The van der Waals surface area contributed by atoms with Crippen molar-refractivity contribution in [1.82, 2.24) is 20.5 Å². The van der Waals surface area contributed by atoms with Crippen LogP contribution in [0, 0.1) is 16.7 Å². The maximum Gasteiger partial charge on any atom is 0.149 e. The van der Waals surface area contributed by atoms with E-state index in [4.69, 9.17) is 21.1 Å². The summed E-state index contributed by atoms with van der Waals surface area (Å²) < 4.78 is 10.5. The van der Waals surface area contributed by atoms with Gasteiger partial charge >= 0.3 is 0 Å². The number of rotatable bonds is 10. The molecule has 0 aromatic carbocycles. The summed E-state index contributed by atoms with van der Waals surface area (Å²) in [5.74, 6) is 1.42. The number of methoxy groups -OCH3 is 1. The van der Waals surface area contributed by atoms with Crippen molar-refractivity contribution >= 4 is 23.2 Å². The van der Waals surface area contributed by atoms with Crippen molar-refractivity contribution in [3.05, 3.63) is 29.5 Å². The zero-order valence-electron chi connectivity index (χ0n) is 20.2. The van der Waals surface area contributed by atoms with E-state index in [1.807, 2.05) is 12.1 Å². The predicted molar refractivity (Wildman–Crippen MR) is 136 cm³/mol. The van der Waals surface area contributed by atoms with Crippen molar-refractivity contribution in [3.8, 4) is 17.2 Å². The summed E-state index contributed by atoms with van der Waals surface area (Å²) in [4.78, 5) is 4.50. The van der Waals surface area contributed by atoms with Gasteiger partial charge in [0.15, 0.2) is 0 Å². The van der Waals surface area contributed by atoms with Crippen LogP contribution in [-0.2, 0) is 9.47 Å². The Hall–Kier alpha value is -2.51. The molecule has 0 unspecified atom stereocenters. The fraction of sp³-hybridized carbons (Fsp3) is 0.600. The molecule has 1 saturated heterocycles. The molecule has 0 bridgehead atoms. The van der Waals surface area contributed by atoms with Gasteiger partial charge in [0.25, 0.3) is 0 Å². The van der Waals surface area contributed by atoms with Gasteiger partial charge in [-0.1, -0.05) is 11.6 Å². The molecule has 2 aromatic heterocycles. The van der Waals surface area contributed by atoms with E-state index in [0.29, 0.717) is 55.5 Å². The molecule has 1 aliphatic heterocycles. The molecular formula is C25H34ClN7O2. The number of hydrogen-bond acceptors (Lipinski definition) is 9. The number of nitriles is 1. The predicted octanol–water partition coefficient (Wildman–Crippen LogP) is 3.88. The number of nitrogens with one attached hydrogen (secondary N) is 3. The molecule has 4 rings (SSSR count). The van der Waals surface area contributed by atoms with Crippen LogP contribution >= 0.6 is 11.6 Å². The first-order chi connectivity index (χ1) is 17.1. The van der Waals surface area contributed by atoms with Crippen molar-refractivity contribution < 1.29 is 9.47 Å². The molecule has 35 heavy (non-hydrogen) atoms. The fourth-order valence-corrected chi connectivity index (χ4v) is 4.92. The van der Waals surface area contributed by atoms with Gasteiger partial charge in [-0.2, -0.15) is 10.4 Å². The van der Waals surface area contributed by atoms with Crippen LogP contribution in [0.2, 0.25) is 5.02 Å². The molecule has 188 valence electrons. The monoisotopic (exact) mass is 499 g/mol. The lowest BCUT2D eigenvalue weighted by atomic mass is 9.82. The molecule has 0 spiro atoms. The highest BCUT2D eigenvalue weighted by atomic mass is 35.5. The van der Waals surface area contributed by atoms with Gasteiger partial charge < -0.3 is 25.4 Å². The molecule has 10 heteroatoms. The molecule has 2 aromatic rings. The minimum absolute atomic E-state index is 0.381. The number of halogens is 1. The smallest absolute Gasteiger partial charge is 0.149 e. The zero-order chi connectivity index (χ0) is 24.5. The summed E-state index contributed by atoms with van der Waals surface area (Å²) in [5, 5.41) is 29.1. The van der Waals surface area contributed by atoms with E-state index in [1.165, 1.54) is 0 Å². The Balaban J connectivity index is 1.38. The van der Waals surface area contributed by atoms with E-state index in [0.717, 1.165) is 55.8 Å². The summed E-state index contributed by atoms with van der Waals surface area (Å²) >= 11 is 6.51. The van der Waals surface area contributed by atoms with E-state index >= 15 is 0 Å². The minimum atomic E-state index is -0.445. The maximum absolute atomic E-state index is 9.70. The maximum atomic E-state index is 9.70. The van der Waals surface area contributed by atoms with Gasteiger partial charge in [-0.15, -0.1) is 5.10 Å². The topological polar surface area (TPSA) is 117 Å². The third-order valence-electron chi connectivity index (χ3n) is 6.93. The molecule has 1 saturated carbocycles. The summed E-state index contributed by atoms with van der Waals surface area (Å²) in [6.45, 7) is 3.35. The number of aromatic nitrogens is 3. The second-order valence-corrected chi connectivity index (χ2v) is 9.78. The minimum Gasteiger partial charge on any atom is -0.383 e. The second-order valence-electron chi connectivity index (χ2n) is 9.38. The molecule has 0 amide bonds. The van der Waals surface area contributed by atoms with E-state index < -0.39 is 5.41 Å². The molecule has 0 atom stereocenters. The van der Waals surface area contributed by atoms with Crippen LogP contribution in [0.3, 0.4) is 0 Å². The third kappa shape index (κ3) is 7.01. The van der Waals surface area contributed by atoms with Crippen molar-refractivity contribution in [2.75, 3.05) is 50.7 Å². The lowest BCUT2D eigenvalue weighted by Gasteiger charge is -2.30. The lowest BCUT2D eigenvalue weighted by molar-refractivity contribution is 0.0455. The summed E-state index contributed by atoms with van der Waals surface area (Å²) in [6, 6.07) is 7.29. The van der Waals surface area contributed by atoms with Crippen molar-refractivity contribution in [3.63, 3.8) is 0 Å². The molecule has 2 aliphatic rings. The number of ether oxygens (including phenoxy) is 2. The van der Waals surface area contributed by atoms with Crippen LogP contribution in [0.1, 0.15) is 38.5 Å². The highest BCUT2D eigenvalue weighted by molar-refractivity contribution is 6.33. The molecule has 9 nitrogen and oxygen atoms in total. The number of hydrogen-bond donors (Lipinski definition) is 3. The first kappa shape index (κ1) is 25.6. The number of pyridine rings is 1. The van der Waals surface area contributed by atoms with Gasteiger partial charge in [0, 0.05) is 62.8 Å². The third-order valence-corrected chi connectivity index (χ3v) is 7.24. The number of anilines is 2. The highest BCUT2D eigenvalue weighted by Crippen LogP contribution is 2.32. The molecule has 3 N–H and O–H groups in total. The largest absolute Gasteiger partial charge is 0.383 e. The fourth-order valence-electron chi connectivity index (χ4n) is 4.71. The van der Waals surface area contributed by atoms with Crippen LogP contribution in [0.5, 0.6) is 0 Å². The first-order valence-electron chi connectivity index (χ1n) is 12.3. The van der Waals surface area contributed by atoms with Gasteiger partial charge in [-0.05, 0) is 50.7 Å².